The predicted molar refractivity (Wildman–Crippen MR) is 69.7 cm³/mol. The highest BCUT2D eigenvalue weighted by molar-refractivity contribution is 5.86. The zero-order chi connectivity index (χ0) is 14.5. The number of esters is 1. The molecular formula is C12H18N4O3. The monoisotopic (exact) mass is 266 g/mol. The van der Waals surface area contributed by atoms with Crippen LogP contribution < -0.4 is 10.6 Å². The Morgan fingerprint density at radius 2 is 2.00 bits per heavy atom. The fourth-order valence-corrected chi connectivity index (χ4v) is 1.36. The molecule has 0 unspecified atom stereocenters. The molecule has 0 aliphatic heterocycles. The van der Waals surface area contributed by atoms with E-state index in [1.807, 2.05) is 13.8 Å². The van der Waals surface area contributed by atoms with Crippen molar-refractivity contribution < 1.29 is 14.3 Å². The van der Waals surface area contributed by atoms with Gasteiger partial charge in [-0.15, -0.1) is 0 Å². The molecule has 0 aromatic carbocycles. The second-order valence-corrected chi connectivity index (χ2v) is 4.60. The fraction of sp³-hybridized carbons (Fsp3) is 0.500. The van der Waals surface area contributed by atoms with Gasteiger partial charge in [0.05, 0.1) is 24.9 Å². The molecule has 7 nitrogen and oxygen atoms in total. The molecule has 0 fully saturated rings. The number of methoxy groups -OCH3 is 1. The molecule has 104 valence electrons. The summed E-state index contributed by atoms with van der Waals surface area (Å²) in [6.07, 6.45) is 2.74. The second-order valence-electron chi connectivity index (χ2n) is 4.60. The number of aromatic nitrogens is 2. The zero-order valence-corrected chi connectivity index (χ0v) is 11.5. The first kappa shape index (κ1) is 14.9. The number of carbonyl (C=O) groups is 2. The molecule has 19 heavy (non-hydrogen) atoms. The summed E-state index contributed by atoms with van der Waals surface area (Å²) < 4.78 is 4.52. The summed E-state index contributed by atoms with van der Waals surface area (Å²) in [5.74, 6) is -0.117. The van der Waals surface area contributed by atoms with Gasteiger partial charge in [-0.3, -0.25) is 4.79 Å². The van der Waals surface area contributed by atoms with Gasteiger partial charge in [0.15, 0.2) is 5.69 Å². The van der Waals surface area contributed by atoms with E-state index in [4.69, 9.17) is 0 Å². The average molecular weight is 266 g/mol. The molecule has 0 radical (unpaired) electrons. The van der Waals surface area contributed by atoms with Crippen LogP contribution in [0.15, 0.2) is 12.4 Å². The van der Waals surface area contributed by atoms with Crippen molar-refractivity contribution in [3.05, 3.63) is 18.1 Å². The SMILES string of the molecule is CNC(=O)C(C)(C)CNc1cnc(C(=O)OC)cn1. The van der Waals surface area contributed by atoms with Gasteiger partial charge in [0, 0.05) is 13.6 Å². The highest BCUT2D eigenvalue weighted by atomic mass is 16.5. The lowest BCUT2D eigenvalue weighted by atomic mass is 9.92. The topological polar surface area (TPSA) is 93.2 Å². The maximum atomic E-state index is 11.6. The van der Waals surface area contributed by atoms with Crippen molar-refractivity contribution in [3.8, 4) is 0 Å². The molecule has 0 atom stereocenters. The Morgan fingerprint density at radius 1 is 1.32 bits per heavy atom. The number of amides is 1. The number of anilines is 1. The van der Waals surface area contributed by atoms with E-state index in [0.29, 0.717) is 12.4 Å². The predicted octanol–water partition coefficient (Wildman–Crippen LogP) is 0.447. The molecule has 0 aliphatic carbocycles. The zero-order valence-electron chi connectivity index (χ0n) is 11.5. The van der Waals surface area contributed by atoms with Crippen molar-refractivity contribution >= 4 is 17.7 Å². The van der Waals surface area contributed by atoms with E-state index in [1.54, 1.807) is 7.05 Å². The average Bonchev–Trinajstić information content (AvgIpc) is 2.43. The third-order valence-electron chi connectivity index (χ3n) is 2.60. The van der Waals surface area contributed by atoms with Gasteiger partial charge in [0.1, 0.15) is 5.82 Å². The normalized spacial score (nSPS) is 10.7. The summed E-state index contributed by atoms with van der Waals surface area (Å²) >= 11 is 0. The molecule has 0 saturated heterocycles. The minimum Gasteiger partial charge on any atom is -0.464 e. The number of nitrogens with zero attached hydrogens (tertiary/aromatic N) is 2. The van der Waals surface area contributed by atoms with E-state index in [1.165, 1.54) is 19.5 Å². The smallest absolute Gasteiger partial charge is 0.358 e. The van der Waals surface area contributed by atoms with Gasteiger partial charge in [-0.2, -0.15) is 0 Å². The number of ether oxygens (including phenoxy) is 1. The Bertz CT molecular complexity index is 457. The Morgan fingerprint density at radius 3 is 2.47 bits per heavy atom. The van der Waals surface area contributed by atoms with Crippen LogP contribution in [0.4, 0.5) is 5.82 Å². The second kappa shape index (κ2) is 6.12. The first-order chi connectivity index (χ1) is 8.90. The quantitative estimate of drug-likeness (QED) is 0.751. The number of carbonyl (C=O) groups excluding carboxylic acids is 2. The summed E-state index contributed by atoms with van der Waals surface area (Å²) in [6, 6.07) is 0. The van der Waals surface area contributed by atoms with Crippen molar-refractivity contribution in [2.75, 3.05) is 26.0 Å². The van der Waals surface area contributed by atoms with Crippen LogP contribution in [0, 0.1) is 5.41 Å². The minimum absolute atomic E-state index is 0.0702. The molecule has 1 heterocycles. The summed E-state index contributed by atoms with van der Waals surface area (Å²) in [7, 11) is 2.87. The van der Waals surface area contributed by atoms with Gasteiger partial charge in [0.2, 0.25) is 5.91 Å². The molecule has 1 rings (SSSR count). The van der Waals surface area contributed by atoms with E-state index in [0.717, 1.165) is 0 Å². The first-order valence-corrected chi connectivity index (χ1v) is 5.77. The van der Waals surface area contributed by atoms with E-state index in [-0.39, 0.29) is 11.6 Å². The summed E-state index contributed by atoms with van der Waals surface area (Å²) in [6.45, 7) is 4.03. The van der Waals surface area contributed by atoms with Crippen LogP contribution in [0.3, 0.4) is 0 Å². The Hall–Kier alpha value is -2.18. The van der Waals surface area contributed by atoms with Gasteiger partial charge in [-0.1, -0.05) is 0 Å². The molecular weight excluding hydrogens is 248 g/mol. The van der Waals surface area contributed by atoms with Crippen LogP contribution in [-0.2, 0) is 9.53 Å². The third kappa shape index (κ3) is 3.90. The van der Waals surface area contributed by atoms with Gasteiger partial charge in [-0.25, -0.2) is 14.8 Å². The highest BCUT2D eigenvalue weighted by Crippen LogP contribution is 2.15. The molecule has 2 N–H and O–H groups in total. The van der Waals surface area contributed by atoms with Gasteiger partial charge >= 0.3 is 5.97 Å². The summed E-state index contributed by atoms with van der Waals surface area (Å²) in [4.78, 5) is 30.7. The van der Waals surface area contributed by atoms with Crippen LogP contribution in [0.2, 0.25) is 0 Å². The van der Waals surface area contributed by atoms with Crippen molar-refractivity contribution in [2.24, 2.45) is 5.41 Å². The van der Waals surface area contributed by atoms with Crippen LogP contribution in [0.25, 0.3) is 0 Å². The van der Waals surface area contributed by atoms with E-state index < -0.39 is 11.4 Å². The third-order valence-corrected chi connectivity index (χ3v) is 2.60. The Labute approximate surface area is 111 Å². The van der Waals surface area contributed by atoms with Crippen molar-refractivity contribution in [1.29, 1.82) is 0 Å². The Kier molecular flexibility index (Phi) is 4.80. The lowest BCUT2D eigenvalue weighted by Crippen LogP contribution is -2.39. The van der Waals surface area contributed by atoms with E-state index >= 15 is 0 Å². The van der Waals surface area contributed by atoms with Crippen molar-refractivity contribution in [2.45, 2.75) is 13.8 Å². The standard InChI is InChI=1S/C12H18N4O3/c1-12(2,11(18)13-3)7-16-9-6-14-8(5-15-9)10(17)19-4/h5-6H,7H2,1-4H3,(H,13,18)(H,15,16). The highest BCUT2D eigenvalue weighted by Gasteiger charge is 2.26. The van der Waals surface area contributed by atoms with Crippen molar-refractivity contribution in [1.82, 2.24) is 15.3 Å². The molecule has 1 amide bonds. The Balaban J connectivity index is 2.64. The fourth-order valence-electron chi connectivity index (χ4n) is 1.36. The van der Waals surface area contributed by atoms with Crippen LogP contribution >= 0.6 is 0 Å². The number of rotatable bonds is 5. The lowest BCUT2D eigenvalue weighted by Gasteiger charge is -2.22. The van der Waals surface area contributed by atoms with Crippen LogP contribution in [-0.4, -0.2) is 42.5 Å². The molecule has 1 aromatic rings. The van der Waals surface area contributed by atoms with Gasteiger partial charge < -0.3 is 15.4 Å². The molecule has 0 aliphatic rings. The van der Waals surface area contributed by atoms with Crippen LogP contribution in [0.5, 0.6) is 0 Å². The van der Waals surface area contributed by atoms with Gasteiger partial charge in [-0.05, 0) is 13.8 Å². The van der Waals surface area contributed by atoms with E-state index in [2.05, 4.69) is 25.3 Å². The maximum absolute atomic E-state index is 11.6. The summed E-state index contributed by atoms with van der Waals surface area (Å²) in [5.41, 5.74) is -0.434. The number of hydrogen-bond donors (Lipinski definition) is 2. The van der Waals surface area contributed by atoms with Gasteiger partial charge in [0.25, 0.3) is 0 Å². The molecule has 0 saturated carbocycles. The largest absolute Gasteiger partial charge is 0.464 e. The maximum Gasteiger partial charge on any atom is 0.358 e. The number of hydrogen-bond acceptors (Lipinski definition) is 6. The van der Waals surface area contributed by atoms with E-state index in [9.17, 15) is 9.59 Å². The van der Waals surface area contributed by atoms with Crippen LogP contribution in [0.1, 0.15) is 24.3 Å². The molecule has 0 bridgehead atoms. The van der Waals surface area contributed by atoms with Crippen molar-refractivity contribution in [3.63, 3.8) is 0 Å². The molecule has 7 heteroatoms. The number of nitrogens with one attached hydrogen (secondary N) is 2. The molecule has 0 spiro atoms. The lowest BCUT2D eigenvalue weighted by molar-refractivity contribution is -0.128. The minimum atomic E-state index is -0.572. The summed E-state index contributed by atoms with van der Waals surface area (Å²) in [5, 5.41) is 5.59. The first-order valence-electron chi connectivity index (χ1n) is 5.77. The molecule has 1 aromatic heterocycles.